The molecule has 0 unspecified atom stereocenters. The maximum Gasteiger partial charge on any atom is 0.0495 e. The van der Waals surface area contributed by atoms with Gasteiger partial charge < -0.3 is 0 Å². The summed E-state index contributed by atoms with van der Waals surface area (Å²) in [5.74, 6) is 0. The number of hydrogen-bond acceptors (Lipinski definition) is 3. The second kappa shape index (κ2) is 5.08. The van der Waals surface area contributed by atoms with Crippen molar-refractivity contribution in [3.05, 3.63) is 0 Å². The molecular formula is C16H31N3. The highest BCUT2D eigenvalue weighted by molar-refractivity contribution is 5.90. The molecule has 3 heteroatoms. The number of nitrogens with zero attached hydrogens (tertiary/aromatic N) is 3. The van der Waals surface area contributed by atoms with Crippen LogP contribution in [-0.4, -0.2) is 46.8 Å². The van der Waals surface area contributed by atoms with Crippen LogP contribution < -0.4 is 0 Å². The Hall–Kier alpha value is -0.570. The average molecular weight is 265 g/mol. The fourth-order valence-corrected chi connectivity index (χ4v) is 3.10. The molecule has 0 saturated carbocycles. The second-order valence-corrected chi connectivity index (χ2v) is 8.10. The van der Waals surface area contributed by atoms with E-state index in [0.717, 1.165) is 13.0 Å². The fourth-order valence-electron chi connectivity index (χ4n) is 3.10. The molecule has 0 aliphatic carbocycles. The Balaban J connectivity index is 1.91. The summed E-state index contributed by atoms with van der Waals surface area (Å²) >= 11 is 0. The number of rotatable bonds is 1. The van der Waals surface area contributed by atoms with Crippen LogP contribution in [0.3, 0.4) is 0 Å². The van der Waals surface area contributed by atoms with Gasteiger partial charge >= 0.3 is 0 Å². The summed E-state index contributed by atoms with van der Waals surface area (Å²) in [5, 5.41) is 7.28. The Morgan fingerprint density at radius 1 is 0.947 bits per heavy atom. The van der Waals surface area contributed by atoms with E-state index in [1.165, 1.54) is 31.6 Å². The van der Waals surface area contributed by atoms with Crippen molar-refractivity contribution in [3.8, 4) is 0 Å². The van der Waals surface area contributed by atoms with Crippen molar-refractivity contribution in [2.75, 3.05) is 19.6 Å². The van der Waals surface area contributed by atoms with E-state index in [4.69, 9.17) is 5.10 Å². The molecule has 2 aliphatic rings. The van der Waals surface area contributed by atoms with Gasteiger partial charge in [-0.3, -0.25) is 9.91 Å². The lowest BCUT2D eigenvalue weighted by Crippen LogP contribution is -2.49. The molecule has 1 saturated heterocycles. The van der Waals surface area contributed by atoms with Gasteiger partial charge in [-0.15, -0.1) is 0 Å². The molecule has 0 radical (unpaired) electrons. The summed E-state index contributed by atoms with van der Waals surface area (Å²) in [4.78, 5) is 2.61. The summed E-state index contributed by atoms with van der Waals surface area (Å²) in [5.41, 5.74) is 1.93. The molecule has 1 fully saturated rings. The Labute approximate surface area is 119 Å². The molecule has 0 aromatic heterocycles. The summed E-state index contributed by atoms with van der Waals surface area (Å²) in [6, 6.07) is 0.665. The molecule has 110 valence electrons. The zero-order chi connectivity index (χ0) is 14.3. The normalized spacial score (nSPS) is 23.9. The largest absolute Gasteiger partial charge is 0.298 e. The van der Waals surface area contributed by atoms with Crippen LogP contribution in [0.25, 0.3) is 0 Å². The van der Waals surface area contributed by atoms with Crippen molar-refractivity contribution >= 4 is 5.71 Å². The highest BCUT2D eigenvalue weighted by Gasteiger charge is 2.32. The molecule has 3 nitrogen and oxygen atoms in total. The van der Waals surface area contributed by atoms with Gasteiger partial charge in [0.1, 0.15) is 0 Å². The van der Waals surface area contributed by atoms with Crippen molar-refractivity contribution in [1.82, 2.24) is 9.91 Å². The van der Waals surface area contributed by atoms with Gasteiger partial charge in [0.25, 0.3) is 0 Å². The molecule has 0 spiro atoms. The third-order valence-corrected chi connectivity index (χ3v) is 4.53. The van der Waals surface area contributed by atoms with Crippen LogP contribution >= 0.6 is 0 Å². The molecule has 0 amide bonds. The Morgan fingerprint density at radius 2 is 1.53 bits per heavy atom. The molecule has 0 aromatic carbocycles. The van der Waals surface area contributed by atoms with Crippen LogP contribution in [0, 0.1) is 5.41 Å². The smallest absolute Gasteiger partial charge is 0.0495 e. The highest BCUT2D eigenvalue weighted by Crippen LogP contribution is 2.28. The summed E-state index contributed by atoms with van der Waals surface area (Å²) < 4.78 is 0. The lowest BCUT2D eigenvalue weighted by Gasteiger charge is -2.42. The molecule has 19 heavy (non-hydrogen) atoms. The SMILES string of the molecule is CC(C)(C)C1=NN(C2CCN(C(C)(C)C)CC2)CC1. The van der Waals surface area contributed by atoms with Gasteiger partial charge in [-0.1, -0.05) is 20.8 Å². The Bertz CT molecular complexity index is 338. The summed E-state index contributed by atoms with van der Waals surface area (Å²) in [7, 11) is 0. The van der Waals surface area contributed by atoms with Crippen LogP contribution in [0.4, 0.5) is 0 Å². The first-order valence-electron chi connectivity index (χ1n) is 7.77. The van der Waals surface area contributed by atoms with Gasteiger partial charge in [0.05, 0.1) is 0 Å². The van der Waals surface area contributed by atoms with Crippen LogP contribution in [-0.2, 0) is 0 Å². The highest BCUT2D eigenvalue weighted by atomic mass is 15.5. The molecule has 2 aliphatic heterocycles. The van der Waals surface area contributed by atoms with Crippen molar-refractivity contribution in [1.29, 1.82) is 0 Å². The predicted octanol–water partition coefficient (Wildman–Crippen LogP) is 3.36. The first-order valence-corrected chi connectivity index (χ1v) is 7.77. The van der Waals surface area contributed by atoms with Crippen LogP contribution in [0.1, 0.15) is 60.8 Å². The summed E-state index contributed by atoms with van der Waals surface area (Å²) in [6.07, 6.45) is 3.68. The minimum absolute atomic E-state index is 0.237. The molecule has 0 bridgehead atoms. The van der Waals surface area contributed by atoms with E-state index >= 15 is 0 Å². The minimum Gasteiger partial charge on any atom is -0.298 e. The quantitative estimate of drug-likeness (QED) is 0.724. The van der Waals surface area contributed by atoms with Crippen LogP contribution in [0.2, 0.25) is 0 Å². The molecule has 2 heterocycles. The molecule has 0 aromatic rings. The average Bonchev–Trinajstić information content (AvgIpc) is 2.77. The maximum atomic E-state index is 4.90. The number of hydrazone groups is 1. The van der Waals surface area contributed by atoms with Gasteiger partial charge in [-0.25, -0.2) is 0 Å². The van der Waals surface area contributed by atoms with E-state index < -0.39 is 0 Å². The second-order valence-electron chi connectivity index (χ2n) is 8.10. The molecule has 0 atom stereocenters. The lowest BCUT2D eigenvalue weighted by atomic mass is 9.89. The topological polar surface area (TPSA) is 18.8 Å². The first-order chi connectivity index (χ1) is 8.68. The number of likely N-dealkylation sites (tertiary alicyclic amines) is 1. The van der Waals surface area contributed by atoms with Crippen LogP contribution in [0.15, 0.2) is 5.10 Å². The monoisotopic (exact) mass is 265 g/mol. The standard InChI is InChI=1S/C16H31N3/c1-15(2,3)14-9-12-19(17-14)13-7-10-18(11-8-13)16(4,5)6/h13H,7-12H2,1-6H3. The minimum atomic E-state index is 0.237. The van der Waals surface area contributed by atoms with Crippen molar-refractivity contribution in [3.63, 3.8) is 0 Å². The van der Waals surface area contributed by atoms with E-state index in [9.17, 15) is 0 Å². The van der Waals surface area contributed by atoms with Crippen molar-refractivity contribution < 1.29 is 0 Å². The number of piperidine rings is 1. The first kappa shape index (κ1) is 14.8. The molecular weight excluding hydrogens is 234 g/mol. The van der Waals surface area contributed by atoms with E-state index in [0.29, 0.717) is 11.6 Å². The fraction of sp³-hybridized carbons (Fsp3) is 0.938. The lowest BCUT2D eigenvalue weighted by molar-refractivity contribution is 0.0615. The van der Waals surface area contributed by atoms with E-state index in [-0.39, 0.29) is 5.41 Å². The third kappa shape index (κ3) is 3.50. The maximum absolute atomic E-state index is 4.90. The zero-order valence-electron chi connectivity index (χ0n) is 13.7. The van der Waals surface area contributed by atoms with Crippen LogP contribution in [0.5, 0.6) is 0 Å². The predicted molar refractivity (Wildman–Crippen MR) is 82.6 cm³/mol. The van der Waals surface area contributed by atoms with Gasteiger partial charge in [0, 0.05) is 48.8 Å². The Kier molecular flexibility index (Phi) is 3.97. The van der Waals surface area contributed by atoms with Crippen molar-refractivity contribution in [2.24, 2.45) is 10.5 Å². The number of hydrogen-bond donors (Lipinski definition) is 0. The third-order valence-electron chi connectivity index (χ3n) is 4.53. The molecule has 0 N–H and O–H groups in total. The Morgan fingerprint density at radius 3 is 1.95 bits per heavy atom. The van der Waals surface area contributed by atoms with E-state index in [1.54, 1.807) is 0 Å². The van der Waals surface area contributed by atoms with Gasteiger partial charge in [-0.2, -0.15) is 5.10 Å². The molecule has 2 rings (SSSR count). The van der Waals surface area contributed by atoms with Gasteiger partial charge in [-0.05, 0) is 33.6 Å². The van der Waals surface area contributed by atoms with Gasteiger partial charge in [0.2, 0.25) is 0 Å². The van der Waals surface area contributed by atoms with E-state index in [2.05, 4.69) is 51.5 Å². The van der Waals surface area contributed by atoms with E-state index in [1.807, 2.05) is 0 Å². The van der Waals surface area contributed by atoms with Gasteiger partial charge in [0.15, 0.2) is 0 Å². The zero-order valence-corrected chi connectivity index (χ0v) is 13.7. The summed E-state index contributed by atoms with van der Waals surface area (Å²) in [6.45, 7) is 17.3. The van der Waals surface area contributed by atoms with Crippen molar-refractivity contribution in [2.45, 2.75) is 72.4 Å².